The standard InChI is InChI=1S/C28H35N7O3/c1-17(35-15-21(31-32-35)18-11-12-18)24(36)33(6)22(13-27(2,3)4)25(37)34-16-28(14-23(34)29-5)19-9-7-8-10-20(19)30-26(28)38/h7-10,15,17-18,22-23H,11-14,16H2,1-4,6H3,(H,30,38)/t17-,22-,23-,28-/m0/s1. The van der Waals surface area contributed by atoms with Crippen LogP contribution in [0.1, 0.15) is 76.6 Å². The highest BCUT2D eigenvalue weighted by molar-refractivity contribution is 6.07. The molecule has 4 atom stereocenters. The van der Waals surface area contributed by atoms with E-state index in [0.717, 1.165) is 29.8 Å². The number of likely N-dealkylation sites (N-methyl/N-ethyl adjacent to an activating group) is 1. The fraction of sp³-hybridized carbons (Fsp3) is 0.571. The number of hydrogen-bond acceptors (Lipinski definition) is 5. The number of fused-ring (bicyclic) bond motifs is 2. The van der Waals surface area contributed by atoms with Crippen molar-refractivity contribution in [1.82, 2.24) is 24.8 Å². The van der Waals surface area contributed by atoms with Crippen molar-refractivity contribution >= 4 is 23.4 Å². The zero-order chi connectivity index (χ0) is 27.4. The zero-order valence-corrected chi connectivity index (χ0v) is 22.6. The Labute approximate surface area is 223 Å². The van der Waals surface area contributed by atoms with Crippen LogP contribution in [0.2, 0.25) is 0 Å². The Morgan fingerprint density at radius 2 is 2.00 bits per heavy atom. The largest absolute Gasteiger partial charge is 0.332 e. The molecule has 200 valence electrons. The van der Waals surface area contributed by atoms with Crippen molar-refractivity contribution in [3.63, 3.8) is 0 Å². The first-order valence-electron chi connectivity index (χ1n) is 13.2. The van der Waals surface area contributed by atoms with Gasteiger partial charge in [0.2, 0.25) is 11.8 Å². The molecule has 2 aromatic rings. The normalized spacial score (nSPS) is 24.1. The lowest BCUT2D eigenvalue weighted by molar-refractivity contribution is -0.147. The maximum atomic E-state index is 14.2. The van der Waals surface area contributed by atoms with Crippen LogP contribution in [0.4, 0.5) is 5.69 Å². The molecule has 0 radical (unpaired) electrons. The number of aromatic nitrogens is 3. The van der Waals surface area contributed by atoms with Crippen LogP contribution in [-0.2, 0) is 19.8 Å². The number of nitrogens with one attached hydrogen (secondary N) is 1. The number of likely N-dealkylation sites (tertiary alicyclic amines) is 1. The number of para-hydroxylation sites is 1. The van der Waals surface area contributed by atoms with Crippen molar-refractivity contribution in [1.29, 1.82) is 0 Å². The van der Waals surface area contributed by atoms with Gasteiger partial charge in [0.15, 0.2) is 0 Å². The van der Waals surface area contributed by atoms with E-state index in [1.807, 2.05) is 51.2 Å². The Hall–Kier alpha value is -3.74. The van der Waals surface area contributed by atoms with E-state index in [1.54, 1.807) is 18.7 Å². The fourth-order valence-electron chi connectivity index (χ4n) is 5.72. The van der Waals surface area contributed by atoms with Crippen molar-refractivity contribution < 1.29 is 14.4 Å². The van der Waals surface area contributed by atoms with Crippen LogP contribution in [0.3, 0.4) is 0 Å². The summed E-state index contributed by atoms with van der Waals surface area (Å²) < 4.78 is 1.57. The molecule has 38 heavy (non-hydrogen) atoms. The van der Waals surface area contributed by atoms with E-state index >= 15 is 0 Å². The molecule has 3 amide bonds. The first kappa shape index (κ1) is 25.9. The van der Waals surface area contributed by atoms with Gasteiger partial charge in [-0.2, -0.15) is 0 Å². The summed E-state index contributed by atoms with van der Waals surface area (Å²) in [6, 6.07) is 6.02. The number of rotatable bonds is 6. The van der Waals surface area contributed by atoms with Crippen molar-refractivity contribution in [2.24, 2.45) is 5.41 Å². The minimum atomic E-state index is -0.969. The molecule has 1 aromatic carbocycles. The molecule has 3 heterocycles. The number of nitrogens with zero attached hydrogens (tertiary/aromatic N) is 6. The van der Waals surface area contributed by atoms with Gasteiger partial charge in [-0.1, -0.05) is 44.2 Å². The van der Waals surface area contributed by atoms with Crippen molar-refractivity contribution in [2.75, 3.05) is 18.9 Å². The van der Waals surface area contributed by atoms with Gasteiger partial charge >= 0.3 is 6.17 Å². The molecule has 10 nitrogen and oxygen atoms in total. The highest BCUT2D eigenvalue weighted by atomic mass is 16.2. The number of carbonyl (C=O) groups excluding carboxylic acids is 3. The van der Waals surface area contributed by atoms with Crippen molar-refractivity contribution in [2.45, 2.75) is 83.0 Å². The lowest BCUT2D eigenvalue weighted by Gasteiger charge is -2.35. The smallest absolute Gasteiger partial charge is 0.302 e. The monoisotopic (exact) mass is 517 g/mol. The topological polar surface area (TPSA) is 105 Å². The quantitative estimate of drug-likeness (QED) is 0.592. The second-order valence-electron chi connectivity index (χ2n) is 12.2. The highest BCUT2D eigenvalue weighted by Crippen LogP contribution is 2.47. The second-order valence-corrected chi connectivity index (χ2v) is 12.2. The van der Waals surface area contributed by atoms with Gasteiger partial charge in [0, 0.05) is 31.4 Å². The van der Waals surface area contributed by atoms with Gasteiger partial charge < -0.3 is 10.2 Å². The fourth-order valence-corrected chi connectivity index (χ4v) is 5.72. The Bertz CT molecular complexity index is 1320. The first-order chi connectivity index (χ1) is 17.9. The Balaban J connectivity index is 1.42. The number of anilines is 1. The summed E-state index contributed by atoms with van der Waals surface area (Å²) in [5.41, 5.74) is 1.20. The number of carbonyl (C=O) groups is 3. The molecule has 10 heteroatoms. The van der Waals surface area contributed by atoms with E-state index in [2.05, 4.69) is 20.5 Å². The maximum Gasteiger partial charge on any atom is 0.302 e. The third-order valence-electron chi connectivity index (χ3n) is 8.07. The van der Waals surface area contributed by atoms with Gasteiger partial charge in [0.25, 0.3) is 5.91 Å². The summed E-state index contributed by atoms with van der Waals surface area (Å²) >= 11 is 0. The van der Waals surface area contributed by atoms with Crippen LogP contribution in [-0.4, -0.2) is 68.3 Å². The predicted octanol–water partition coefficient (Wildman–Crippen LogP) is 3.35. The minimum Gasteiger partial charge on any atom is -0.332 e. The van der Waals surface area contributed by atoms with E-state index in [1.165, 1.54) is 9.80 Å². The second kappa shape index (κ2) is 9.22. The molecular weight excluding hydrogens is 482 g/mol. The average molecular weight is 518 g/mol. The molecule has 1 saturated carbocycles. The van der Waals surface area contributed by atoms with Gasteiger partial charge in [-0.05, 0) is 43.2 Å². The number of benzene rings is 1. The Morgan fingerprint density at radius 3 is 2.66 bits per heavy atom. The van der Waals surface area contributed by atoms with Crippen molar-refractivity contribution in [3.8, 4) is 0 Å². The molecule has 1 aliphatic carbocycles. The van der Waals surface area contributed by atoms with E-state index in [0.29, 0.717) is 12.3 Å². The molecule has 0 bridgehead atoms. The molecule has 1 N–H and O–H groups in total. The van der Waals surface area contributed by atoms with Crippen molar-refractivity contribution in [3.05, 3.63) is 53.1 Å². The SMILES string of the molecule is [C-]#[N+][C@@H]1C[C@@]2(CN1C(=O)[C@H](CC(C)(C)C)N(C)C(=O)[C@H](C)n1cc(C3CC3)nn1)C(=O)Nc1ccccc12. The molecule has 5 rings (SSSR count). The van der Waals surface area contributed by atoms with Gasteiger partial charge in [-0.25, -0.2) is 11.3 Å². The predicted molar refractivity (Wildman–Crippen MR) is 141 cm³/mol. The molecule has 1 saturated heterocycles. The average Bonchev–Trinajstić information content (AvgIpc) is 3.37. The summed E-state index contributed by atoms with van der Waals surface area (Å²) in [4.78, 5) is 47.8. The van der Waals surface area contributed by atoms with Crippen LogP contribution in [0, 0.1) is 12.0 Å². The van der Waals surface area contributed by atoms with Gasteiger partial charge in [0.1, 0.15) is 17.5 Å². The zero-order valence-electron chi connectivity index (χ0n) is 22.6. The van der Waals surface area contributed by atoms with Crippen LogP contribution >= 0.6 is 0 Å². The molecule has 1 spiro atoms. The third kappa shape index (κ3) is 4.44. The summed E-state index contributed by atoms with van der Waals surface area (Å²) in [5, 5.41) is 11.3. The van der Waals surface area contributed by atoms with E-state index < -0.39 is 23.7 Å². The Morgan fingerprint density at radius 1 is 1.29 bits per heavy atom. The molecule has 2 fully saturated rings. The molecular formula is C28H35N7O3. The lowest BCUT2D eigenvalue weighted by Crippen LogP contribution is -2.53. The van der Waals surface area contributed by atoms with Gasteiger partial charge in [0.05, 0.1) is 12.1 Å². The number of hydrogen-bond donors (Lipinski definition) is 1. The summed E-state index contributed by atoms with van der Waals surface area (Å²) in [5.74, 6) is -0.331. The van der Waals surface area contributed by atoms with E-state index in [9.17, 15) is 14.4 Å². The summed E-state index contributed by atoms with van der Waals surface area (Å²) in [6.07, 6.45) is 3.84. The summed E-state index contributed by atoms with van der Waals surface area (Å²) in [7, 11) is 1.64. The maximum absolute atomic E-state index is 14.2. The minimum absolute atomic E-state index is 0.105. The third-order valence-corrected chi connectivity index (χ3v) is 8.07. The first-order valence-corrected chi connectivity index (χ1v) is 13.2. The van der Waals surface area contributed by atoms with Crippen LogP contribution in [0.25, 0.3) is 4.85 Å². The molecule has 3 aliphatic rings. The van der Waals surface area contributed by atoms with Gasteiger partial charge in [-0.15, -0.1) is 5.10 Å². The van der Waals surface area contributed by atoms with Crippen LogP contribution in [0.15, 0.2) is 30.5 Å². The van der Waals surface area contributed by atoms with Crippen LogP contribution in [0.5, 0.6) is 0 Å². The highest BCUT2D eigenvalue weighted by Gasteiger charge is 2.59. The summed E-state index contributed by atoms with van der Waals surface area (Å²) in [6.45, 7) is 15.8. The Kier molecular flexibility index (Phi) is 6.28. The molecule has 1 aromatic heterocycles. The number of amides is 3. The lowest BCUT2D eigenvalue weighted by atomic mass is 9.80. The van der Waals surface area contributed by atoms with Gasteiger partial charge in [-0.3, -0.25) is 24.1 Å². The molecule has 0 unspecified atom stereocenters. The van der Waals surface area contributed by atoms with Crippen LogP contribution < -0.4 is 5.32 Å². The van der Waals surface area contributed by atoms with E-state index in [4.69, 9.17) is 6.57 Å². The van der Waals surface area contributed by atoms with E-state index in [-0.39, 0.29) is 36.1 Å². The molecule has 2 aliphatic heterocycles.